The third-order valence-corrected chi connectivity index (χ3v) is 4.51. The van der Waals surface area contributed by atoms with Gasteiger partial charge in [-0.05, 0) is 31.2 Å². The number of nitrogens with zero attached hydrogens (tertiary/aromatic N) is 1. The van der Waals surface area contributed by atoms with E-state index in [-0.39, 0.29) is 5.91 Å². The second kappa shape index (κ2) is 6.52. The summed E-state index contributed by atoms with van der Waals surface area (Å²) < 4.78 is 0. The second-order valence-corrected chi connectivity index (χ2v) is 5.99. The van der Waals surface area contributed by atoms with E-state index in [1.165, 1.54) is 0 Å². The van der Waals surface area contributed by atoms with Crippen molar-refractivity contribution in [1.29, 1.82) is 0 Å². The van der Waals surface area contributed by atoms with Crippen LogP contribution in [0.1, 0.15) is 22.8 Å². The summed E-state index contributed by atoms with van der Waals surface area (Å²) >= 11 is 7.89. The van der Waals surface area contributed by atoms with Gasteiger partial charge in [-0.2, -0.15) is 0 Å². The second-order valence-electron chi connectivity index (χ2n) is 4.55. The SMILES string of the molecule is CCONC(=O)c1ccc2c(c1)N=C(Cl)c1ccccc1S2. The van der Waals surface area contributed by atoms with Crippen LogP contribution in [0.3, 0.4) is 0 Å². The van der Waals surface area contributed by atoms with Crippen LogP contribution in [0, 0.1) is 0 Å². The molecule has 3 rings (SSSR count). The van der Waals surface area contributed by atoms with Gasteiger partial charge in [0.1, 0.15) is 5.17 Å². The van der Waals surface area contributed by atoms with Crippen LogP contribution in [-0.4, -0.2) is 17.7 Å². The zero-order valence-electron chi connectivity index (χ0n) is 11.8. The van der Waals surface area contributed by atoms with E-state index in [0.717, 1.165) is 15.4 Å². The first kappa shape index (κ1) is 15.1. The van der Waals surface area contributed by atoms with Crippen molar-refractivity contribution in [2.45, 2.75) is 16.7 Å². The van der Waals surface area contributed by atoms with Gasteiger partial charge in [0.2, 0.25) is 0 Å². The third kappa shape index (κ3) is 3.02. The summed E-state index contributed by atoms with van der Waals surface area (Å²) in [7, 11) is 0. The van der Waals surface area contributed by atoms with Crippen molar-refractivity contribution in [3.05, 3.63) is 53.6 Å². The summed E-state index contributed by atoms with van der Waals surface area (Å²) in [6, 6.07) is 13.2. The smallest absolute Gasteiger partial charge is 0.274 e. The van der Waals surface area contributed by atoms with Crippen molar-refractivity contribution >= 4 is 40.1 Å². The Kier molecular flexibility index (Phi) is 4.47. The first-order chi connectivity index (χ1) is 10.7. The quantitative estimate of drug-likeness (QED) is 0.859. The summed E-state index contributed by atoms with van der Waals surface area (Å²) in [5.74, 6) is -0.303. The van der Waals surface area contributed by atoms with E-state index < -0.39 is 0 Å². The minimum Gasteiger partial charge on any atom is -0.274 e. The maximum Gasteiger partial charge on any atom is 0.274 e. The maximum absolute atomic E-state index is 12.0. The van der Waals surface area contributed by atoms with Gasteiger partial charge in [0.15, 0.2) is 0 Å². The molecule has 1 aliphatic heterocycles. The molecule has 0 saturated heterocycles. The van der Waals surface area contributed by atoms with Gasteiger partial charge in [-0.1, -0.05) is 41.6 Å². The zero-order valence-corrected chi connectivity index (χ0v) is 13.4. The molecule has 0 unspecified atom stereocenters. The van der Waals surface area contributed by atoms with Crippen LogP contribution in [0.25, 0.3) is 0 Å². The molecule has 0 atom stereocenters. The monoisotopic (exact) mass is 332 g/mol. The summed E-state index contributed by atoms with van der Waals surface area (Å²) in [6.45, 7) is 2.21. The minimum atomic E-state index is -0.303. The van der Waals surface area contributed by atoms with Crippen molar-refractivity contribution in [1.82, 2.24) is 5.48 Å². The van der Waals surface area contributed by atoms with E-state index in [1.807, 2.05) is 30.3 Å². The first-order valence-corrected chi connectivity index (χ1v) is 7.96. The largest absolute Gasteiger partial charge is 0.274 e. The van der Waals surface area contributed by atoms with Crippen LogP contribution in [0.5, 0.6) is 0 Å². The predicted molar refractivity (Wildman–Crippen MR) is 88.1 cm³/mol. The van der Waals surface area contributed by atoms with Gasteiger partial charge in [-0.3, -0.25) is 9.63 Å². The molecule has 6 heteroatoms. The summed E-state index contributed by atoms with van der Waals surface area (Å²) in [4.78, 5) is 23.3. The highest BCUT2D eigenvalue weighted by Crippen LogP contribution is 2.41. The number of carbonyl (C=O) groups excluding carboxylic acids is 1. The van der Waals surface area contributed by atoms with Gasteiger partial charge in [0.05, 0.1) is 12.3 Å². The lowest BCUT2D eigenvalue weighted by atomic mass is 10.2. The van der Waals surface area contributed by atoms with E-state index in [0.29, 0.717) is 23.0 Å². The van der Waals surface area contributed by atoms with E-state index in [1.54, 1.807) is 30.8 Å². The number of halogens is 1. The number of aliphatic imine (C=N–C) groups is 1. The van der Waals surface area contributed by atoms with Crippen LogP contribution in [0.15, 0.2) is 57.2 Å². The molecule has 0 spiro atoms. The Morgan fingerprint density at radius 1 is 1.27 bits per heavy atom. The number of hydrogen-bond donors (Lipinski definition) is 1. The van der Waals surface area contributed by atoms with Crippen LogP contribution in [-0.2, 0) is 4.84 Å². The molecule has 0 fully saturated rings. The molecule has 2 aromatic carbocycles. The lowest BCUT2D eigenvalue weighted by Gasteiger charge is -2.07. The van der Waals surface area contributed by atoms with Crippen molar-refractivity contribution < 1.29 is 9.63 Å². The standard InChI is InChI=1S/C16H13ClN2O2S/c1-2-21-19-16(20)10-7-8-14-12(9-10)18-15(17)11-5-3-4-6-13(11)22-14/h3-9H,2H2,1H3,(H,19,20). The number of rotatable bonds is 3. The fourth-order valence-corrected chi connectivity index (χ4v) is 3.35. The van der Waals surface area contributed by atoms with Crippen molar-refractivity contribution in [3.8, 4) is 0 Å². The fraction of sp³-hybridized carbons (Fsp3) is 0.125. The molecular formula is C16H13ClN2O2S. The average molecular weight is 333 g/mol. The van der Waals surface area contributed by atoms with Gasteiger partial charge in [-0.15, -0.1) is 0 Å². The Morgan fingerprint density at radius 3 is 2.91 bits per heavy atom. The molecular weight excluding hydrogens is 320 g/mol. The Balaban J connectivity index is 1.98. The number of nitrogens with one attached hydrogen (secondary N) is 1. The Hall–Kier alpha value is -1.82. The van der Waals surface area contributed by atoms with E-state index in [9.17, 15) is 4.79 Å². The Morgan fingerprint density at radius 2 is 2.09 bits per heavy atom. The first-order valence-electron chi connectivity index (χ1n) is 6.76. The van der Waals surface area contributed by atoms with Crippen molar-refractivity contribution in [3.63, 3.8) is 0 Å². The minimum absolute atomic E-state index is 0.303. The number of carbonyl (C=O) groups is 1. The molecule has 0 aromatic heterocycles. The Bertz CT molecular complexity index is 762. The molecule has 1 heterocycles. The average Bonchev–Trinajstić information content (AvgIpc) is 2.68. The van der Waals surface area contributed by atoms with E-state index in [2.05, 4.69) is 10.5 Å². The van der Waals surface area contributed by atoms with Crippen LogP contribution in [0.4, 0.5) is 5.69 Å². The maximum atomic E-state index is 12.0. The number of benzene rings is 2. The van der Waals surface area contributed by atoms with Gasteiger partial charge < -0.3 is 0 Å². The lowest BCUT2D eigenvalue weighted by Crippen LogP contribution is -2.23. The molecule has 2 aromatic rings. The molecule has 22 heavy (non-hydrogen) atoms. The molecule has 1 N–H and O–H groups in total. The van der Waals surface area contributed by atoms with Crippen LogP contribution < -0.4 is 5.48 Å². The summed E-state index contributed by atoms with van der Waals surface area (Å²) in [6.07, 6.45) is 0. The predicted octanol–water partition coefficient (Wildman–Crippen LogP) is 4.15. The number of amides is 1. The molecule has 0 bridgehead atoms. The zero-order chi connectivity index (χ0) is 15.5. The van der Waals surface area contributed by atoms with E-state index >= 15 is 0 Å². The number of hydroxylamine groups is 1. The van der Waals surface area contributed by atoms with Crippen LogP contribution >= 0.6 is 23.4 Å². The number of fused-ring (bicyclic) bond motifs is 2. The van der Waals surface area contributed by atoms with Gasteiger partial charge in [-0.25, -0.2) is 10.5 Å². The molecule has 1 amide bonds. The molecule has 0 saturated carbocycles. The molecule has 0 radical (unpaired) electrons. The topological polar surface area (TPSA) is 50.7 Å². The third-order valence-electron chi connectivity index (χ3n) is 3.08. The Labute approximate surface area is 137 Å². The normalized spacial score (nSPS) is 12.7. The van der Waals surface area contributed by atoms with E-state index in [4.69, 9.17) is 16.4 Å². The highest BCUT2D eigenvalue weighted by molar-refractivity contribution is 7.99. The van der Waals surface area contributed by atoms with Gasteiger partial charge in [0, 0.05) is 20.9 Å². The summed E-state index contributed by atoms with van der Waals surface area (Å²) in [5.41, 5.74) is 4.42. The lowest BCUT2D eigenvalue weighted by molar-refractivity contribution is 0.0364. The van der Waals surface area contributed by atoms with Gasteiger partial charge >= 0.3 is 0 Å². The fourth-order valence-electron chi connectivity index (χ4n) is 2.04. The summed E-state index contributed by atoms with van der Waals surface area (Å²) in [5, 5.41) is 0.421. The van der Waals surface area contributed by atoms with Gasteiger partial charge in [0.25, 0.3) is 5.91 Å². The molecule has 1 aliphatic rings. The highest BCUT2D eigenvalue weighted by atomic mass is 35.5. The van der Waals surface area contributed by atoms with Crippen LogP contribution in [0.2, 0.25) is 0 Å². The van der Waals surface area contributed by atoms with Crippen molar-refractivity contribution in [2.24, 2.45) is 4.99 Å². The molecule has 4 nitrogen and oxygen atoms in total. The molecule has 0 aliphatic carbocycles. The highest BCUT2D eigenvalue weighted by Gasteiger charge is 2.17. The number of hydrogen-bond acceptors (Lipinski definition) is 4. The van der Waals surface area contributed by atoms with Crippen molar-refractivity contribution in [2.75, 3.05) is 6.61 Å². The molecule has 112 valence electrons.